The van der Waals surface area contributed by atoms with Crippen LogP contribution in [0.3, 0.4) is 0 Å². The van der Waals surface area contributed by atoms with Gasteiger partial charge in [0.2, 0.25) is 0 Å². The second-order valence-corrected chi connectivity index (χ2v) is 2.85. The van der Waals surface area contributed by atoms with Crippen LogP contribution in [0.2, 0.25) is 0 Å². The molecular weight excluding hydrogens is 174 g/mol. The van der Waals surface area contributed by atoms with E-state index >= 15 is 0 Å². The molecule has 0 saturated heterocycles. The maximum atomic E-state index is 13.1. The van der Waals surface area contributed by atoms with Crippen LogP contribution >= 0.6 is 0 Å². The van der Waals surface area contributed by atoms with Crippen LogP contribution in [0.1, 0.15) is 18.0 Å². The number of halogens is 2. The van der Waals surface area contributed by atoms with Gasteiger partial charge in [-0.15, -0.1) is 0 Å². The van der Waals surface area contributed by atoms with Gasteiger partial charge in [-0.2, -0.15) is 0 Å². The van der Waals surface area contributed by atoms with Crippen molar-refractivity contribution in [3.8, 4) is 0 Å². The standard InChI is InChI=1S/C9H12F2N2/c10-6-1-2-8(11)7(5-6)9(13)3-4-12/h1-2,5,9H,3-4,12-13H2. The highest BCUT2D eigenvalue weighted by atomic mass is 19.1. The van der Waals surface area contributed by atoms with Crippen molar-refractivity contribution in [2.45, 2.75) is 12.5 Å². The van der Waals surface area contributed by atoms with E-state index in [1.807, 2.05) is 0 Å². The summed E-state index contributed by atoms with van der Waals surface area (Å²) in [7, 11) is 0. The molecule has 1 rings (SSSR count). The number of hydrogen-bond acceptors (Lipinski definition) is 2. The zero-order valence-corrected chi connectivity index (χ0v) is 7.13. The van der Waals surface area contributed by atoms with Crippen LogP contribution in [0, 0.1) is 11.6 Å². The Labute approximate surface area is 75.5 Å². The summed E-state index contributed by atoms with van der Waals surface area (Å²) in [5.41, 5.74) is 11.0. The molecule has 0 heterocycles. The van der Waals surface area contributed by atoms with E-state index in [2.05, 4.69) is 0 Å². The average molecular weight is 186 g/mol. The minimum absolute atomic E-state index is 0.186. The number of nitrogens with two attached hydrogens (primary N) is 2. The smallest absolute Gasteiger partial charge is 0.128 e. The van der Waals surface area contributed by atoms with Crippen LogP contribution < -0.4 is 11.5 Å². The van der Waals surface area contributed by atoms with Gasteiger partial charge in [0.25, 0.3) is 0 Å². The molecule has 1 unspecified atom stereocenters. The first kappa shape index (κ1) is 10.1. The molecule has 0 aliphatic carbocycles. The van der Waals surface area contributed by atoms with E-state index in [4.69, 9.17) is 11.5 Å². The molecule has 0 radical (unpaired) electrons. The quantitative estimate of drug-likeness (QED) is 0.747. The van der Waals surface area contributed by atoms with Crippen LogP contribution in [-0.4, -0.2) is 6.54 Å². The van der Waals surface area contributed by atoms with Gasteiger partial charge in [-0.3, -0.25) is 0 Å². The third-order valence-electron chi connectivity index (χ3n) is 1.84. The molecule has 13 heavy (non-hydrogen) atoms. The second kappa shape index (κ2) is 4.30. The monoisotopic (exact) mass is 186 g/mol. The van der Waals surface area contributed by atoms with Crippen molar-refractivity contribution in [3.05, 3.63) is 35.4 Å². The van der Waals surface area contributed by atoms with Crippen LogP contribution in [0.25, 0.3) is 0 Å². The third kappa shape index (κ3) is 2.47. The Morgan fingerprint density at radius 3 is 2.62 bits per heavy atom. The average Bonchev–Trinajstić information content (AvgIpc) is 2.09. The van der Waals surface area contributed by atoms with Gasteiger partial charge in [0.05, 0.1) is 0 Å². The van der Waals surface area contributed by atoms with Crippen molar-refractivity contribution in [2.75, 3.05) is 6.54 Å². The Bertz CT molecular complexity index is 289. The Kier molecular flexibility index (Phi) is 3.33. The van der Waals surface area contributed by atoms with Gasteiger partial charge in [0.1, 0.15) is 11.6 Å². The first-order valence-corrected chi connectivity index (χ1v) is 4.05. The van der Waals surface area contributed by atoms with E-state index < -0.39 is 17.7 Å². The zero-order chi connectivity index (χ0) is 9.84. The van der Waals surface area contributed by atoms with Crippen molar-refractivity contribution in [1.82, 2.24) is 0 Å². The first-order valence-electron chi connectivity index (χ1n) is 4.05. The topological polar surface area (TPSA) is 52.0 Å². The van der Waals surface area contributed by atoms with Crippen LogP contribution in [0.15, 0.2) is 18.2 Å². The molecule has 1 aromatic rings. The molecule has 0 fully saturated rings. The van der Waals surface area contributed by atoms with E-state index in [9.17, 15) is 8.78 Å². The summed E-state index contributed by atoms with van der Waals surface area (Å²) >= 11 is 0. The third-order valence-corrected chi connectivity index (χ3v) is 1.84. The van der Waals surface area contributed by atoms with Gasteiger partial charge < -0.3 is 11.5 Å². The number of benzene rings is 1. The van der Waals surface area contributed by atoms with Crippen LogP contribution in [0.5, 0.6) is 0 Å². The SMILES string of the molecule is NCCC(N)c1cc(F)ccc1F. The Morgan fingerprint density at radius 1 is 1.31 bits per heavy atom. The Hall–Kier alpha value is -1.00. The minimum atomic E-state index is -0.527. The lowest BCUT2D eigenvalue weighted by Gasteiger charge is -2.11. The molecule has 72 valence electrons. The van der Waals surface area contributed by atoms with Crippen molar-refractivity contribution >= 4 is 0 Å². The van der Waals surface area contributed by atoms with Crippen molar-refractivity contribution in [1.29, 1.82) is 0 Å². The second-order valence-electron chi connectivity index (χ2n) is 2.85. The summed E-state index contributed by atoms with van der Waals surface area (Å²) in [5, 5.41) is 0. The highest BCUT2D eigenvalue weighted by Crippen LogP contribution is 2.18. The normalized spacial score (nSPS) is 12.9. The Morgan fingerprint density at radius 2 is 2.00 bits per heavy atom. The van der Waals surface area contributed by atoms with E-state index in [1.54, 1.807) is 0 Å². The lowest BCUT2D eigenvalue weighted by molar-refractivity contribution is 0.551. The van der Waals surface area contributed by atoms with Gasteiger partial charge >= 0.3 is 0 Å². The molecule has 0 aliphatic rings. The molecule has 4 heteroatoms. The molecule has 0 saturated carbocycles. The van der Waals surface area contributed by atoms with E-state index in [1.165, 1.54) is 0 Å². The molecule has 2 nitrogen and oxygen atoms in total. The summed E-state index contributed by atoms with van der Waals surface area (Å²) in [6.07, 6.45) is 0.445. The van der Waals surface area contributed by atoms with Crippen LogP contribution in [-0.2, 0) is 0 Å². The first-order chi connectivity index (χ1) is 6.15. The highest BCUT2D eigenvalue weighted by Gasteiger charge is 2.11. The maximum Gasteiger partial charge on any atom is 0.128 e. The number of hydrogen-bond donors (Lipinski definition) is 2. The van der Waals surface area contributed by atoms with Gasteiger partial charge in [0, 0.05) is 11.6 Å². The molecule has 1 atom stereocenters. The van der Waals surface area contributed by atoms with E-state index in [0.717, 1.165) is 18.2 Å². The molecule has 1 aromatic carbocycles. The van der Waals surface area contributed by atoms with E-state index in [-0.39, 0.29) is 5.56 Å². The maximum absolute atomic E-state index is 13.1. The predicted molar refractivity (Wildman–Crippen MR) is 47.0 cm³/mol. The summed E-state index contributed by atoms with van der Waals surface area (Å²) in [4.78, 5) is 0. The van der Waals surface area contributed by atoms with Crippen molar-refractivity contribution in [2.24, 2.45) is 11.5 Å². The Balaban J connectivity index is 2.91. The summed E-state index contributed by atoms with van der Waals surface area (Å²) < 4.78 is 25.8. The van der Waals surface area contributed by atoms with Crippen molar-refractivity contribution in [3.63, 3.8) is 0 Å². The molecule has 0 spiro atoms. The number of rotatable bonds is 3. The van der Waals surface area contributed by atoms with Crippen LogP contribution in [0.4, 0.5) is 8.78 Å². The summed E-state index contributed by atoms with van der Waals surface area (Å²) in [6, 6.07) is 2.71. The molecule has 0 aromatic heterocycles. The fraction of sp³-hybridized carbons (Fsp3) is 0.333. The zero-order valence-electron chi connectivity index (χ0n) is 7.13. The predicted octanol–water partition coefficient (Wildman–Crippen LogP) is 1.31. The van der Waals surface area contributed by atoms with Crippen molar-refractivity contribution < 1.29 is 8.78 Å². The van der Waals surface area contributed by atoms with Gasteiger partial charge in [0.15, 0.2) is 0 Å². The molecular formula is C9H12F2N2. The van der Waals surface area contributed by atoms with E-state index in [0.29, 0.717) is 13.0 Å². The fourth-order valence-electron chi connectivity index (χ4n) is 1.13. The van der Waals surface area contributed by atoms with Gasteiger partial charge in [-0.1, -0.05) is 0 Å². The molecule has 0 bridgehead atoms. The van der Waals surface area contributed by atoms with Gasteiger partial charge in [-0.05, 0) is 31.2 Å². The molecule has 0 amide bonds. The minimum Gasteiger partial charge on any atom is -0.330 e. The highest BCUT2D eigenvalue weighted by molar-refractivity contribution is 5.21. The lowest BCUT2D eigenvalue weighted by Crippen LogP contribution is -2.16. The summed E-state index contributed by atoms with van der Waals surface area (Å²) in [5.74, 6) is -0.966. The lowest BCUT2D eigenvalue weighted by atomic mass is 10.0. The fourth-order valence-corrected chi connectivity index (χ4v) is 1.13. The van der Waals surface area contributed by atoms with Gasteiger partial charge in [-0.25, -0.2) is 8.78 Å². The molecule has 0 aliphatic heterocycles. The largest absolute Gasteiger partial charge is 0.330 e. The molecule has 4 N–H and O–H groups in total. The summed E-state index contributed by atoms with van der Waals surface area (Å²) in [6.45, 7) is 0.358.